The summed E-state index contributed by atoms with van der Waals surface area (Å²) in [6, 6.07) is 12.2. The molecule has 0 aliphatic rings. The zero-order valence-corrected chi connectivity index (χ0v) is 12.4. The second-order valence-electron chi connectivity index (χ2n) is 4.55. The molecule has 2 rings (SSSR count). The fourth-order valence-electron chi connectivity index (χ4n) is 1.74. The van der Waals surface area contributed by atoms with Crippen LogP contribution < -0.4 is 4.74 Å². The van der Waals surface area contributed by atoms with Crippen LogP contribution in [0.2, 0.25) is 0 Å². The molecule has 1 aromatic carbocycles. The van der Waals surface area contributed by atoms with Gasteiger partial charge in [-0.15, -0.1) is 22.9 Å². The van der Waals surface area contributed by atoms with Crippen molar-refractivity contribution in [3.63, 3.8) is 0 Å². The van der Waals surface area contributed by atoms with E-state index in [9.17, 15) is 0 Å². The number of ether oxygens (including phenoxy) is 1. The van der Waals surface area contributed by atoms with Gasteiger partial charge in [0, 0.05) is 9.75 Å². The zero-order valence-electron chi connectivity index (χ0n) is 10.8. The summed E-state index contributed by atoms with van der Waals surface area (Å²) < 4.78 is 5.62. The molecule has 18 heavy (non-hydrogen) atoms. The van der Waals surface area contributed by atoms with Gasteiger partial charge in [0.1, 0.15) is 5.75 Å². The Hall–Kier alpha value is -0.990. The van der Waals surface area contributed by atoms with E-state index in [0.717, 1.165) is 11.3 Å². The molecule has 0 radical (unpaired) electrons. The maximum atomic E-state index is 6.47. The third-order valence-corrected chi connectivity index (χ3v) is 4.24. The number of alkyl halides is 1. The van der Waals surface area contributed by atoms with Gasteiger partial charge in [-0.05, 0) is 50.6 Å². The van der Waals surface area contributed by atoms with Crippen molar-refractivity contribution in [2.24, 2.45) is 0 Å². The first kappa shape index (κ1) is 13.4. The average molecular weight is 281 g/mol. The number of halogens is 1. The molecule has 0 N–H and O–H groups in total. The molecule has 1 heterocycles. The molecule has 0 aliphatic carbocycles. The standard InChI is InChI=1S/C15H17ClOS/c1-10(2)17-13-7-5-12(6-8-13)15(16)14-9-4-11(3)18-14/h4-10,15H,1-3H3. The minimum atomic E-state index is -0.0724. The monoisotopic (exact) mass is 280 g/mol. The summed E-state index contributed by atoms with van der Waals surface area (Å²) in [7, 11) is 0. The molecule has 3 heteroatoms. The molecule has 96 valence electrons. The van der Waals surface area contributed by atoms with Crippen molar-refractivity contribution in [2.75, 3.05) is 0 Å². The van der Waals surface area contributed by atoms with E-state index < -0.39 is 0 Å². The number of thiophene rings is 1. The van der Waals surface area contributed by atoms with Crippen molar-refractivity contribution < 1.29 is 4.74 Å². The summed E-state index contributed by atoms with van der Waals surface area (Å²) in [5.41, 5.74) is 1.11. The van der Waals surface area contributed by atoms with Crippen molar-refractivity contribution in [1.29, 1.82) is 0 Å². The second-order valence-corrected chi connectivity index (χ2v) is 6.30. The quantitative estimate of drug-likeness (QED) is 0.702. The fourth-order valence-corrected chi connectivity index (χ4v) is 2.98. The largest absolute Gasteiger partial charge is 0.491 e. The van der Waals surface area contributed by atoms with E-state index in [2.05, 4.69) is 19.1 Å². The van der Waals surface area contributed by atoms with E-state index in [1.165, 1.54) is 9.75 Å². The van der Waals surface area contributed by atoms with Gasteiger partial charge < -0.3 is 4.74 Å². The molecule has 0 saturated carbocycles. The van der Waals surface area contributed by atoms with Gasteiger partial charge in [-0.25, -0.2) is 0 Å². The molecule has 0 fully saturated rings. The number of aryl methyl sites for hydroxylation is 1. The number of benzene rings is 1. The molecular formula is C15H17ClOS. The minimum Gasteiger partial charge on any atom is -0.491 e. The summed E-state index contributed by atoms with van der Waals surface area (Å²) in [4.78, 5) is 2.47. The first-order valence-electron chi connectivity index (χ1n) is 6.03. The van der Waals surface area contributed by atoms with Gasteiger partial charge in [0.25, 0.3) is 0 Å². The molecular weight excluding hydrogens is 264 g/mol. The number of hydrogen-bond donors (Lipinski definition) is 0. The lowest BCUT2D eigenvalue weighted by Crippen LogP contribution is -2.05. The molecule has 0 spiro atoms. The molecule has 0 aliphatic heterocycles. The molecule has 1 aromatic heterocycles. The first-order valence-corrected chi connectivity index (χ1v) is 7.28. The summed E-state index contributed by atoms with van der Waals surface area (Å²) in [5.74, 6) is 0.889. The first-order chi connectivity index (χ1) is 8.56. The Bertz CT molecular complexity index is 501. The topological polar surface area (TPSA) is 9.23 Å². The minimum absolute atomic E-state index is 0.0724. The Morgan fingerprint density at radius 2 is 1.72 bits per heavy atom. The lowest BCUT2D eigenvalue weighted by atomic mass is 10.1. The predicted octanol–water partition coefficient (Wildman–Crippen LogP) is 5.17. The van der Waals surface area contributed by atoms with Gasteiger partial charge in [0.2, 0.25) is 0 Å². The van der Waals surface area contributed by atoms with Gasteiger partial charge >= 0.3 is 0 Å². The molecule has 1 atom stereocenters. The third-order valence-electron chi connectivity index (χ3n) is 2.56. The van der Waals surface area contributed by atoms with E-state index in [1.807, 2.05) is 38.1 Å². The van der Waals surface area contributed by atoms with Crippen molar-refractivity contribution in [1.82, 2.24) is 0 Å². The fraction of sp³-hybridized carbons (Fsp3) is 0.333. The SMILES string of the molecule is Cc1ccc(C(Cl)c2ccc(OC(C)C)cc2)s1. The predicted molar refractivity (Wildman–Crippen MR) is 79.0 cm³/mol. The van der Waals surface area contributed by atoms with E-state index in [4.69, 9.17) is 16.3 Å². The van der Waals surface area contributed by atoms with Crippen LogP contribution in [0.4, 0.5) is 0 Å². The van der Waals surface area contributed by atoms with Gasteiger partial charge in [0.15, 0.2) is 0 Å². The maximum Gasteiger partial charge on any atom is 0.119 e. The molecule has 0 amide bonds. The van der Waals surface area contributed by atoms with Crippen molar-refractivity contribution >= 4 is 22.9 Å². The van der Waals surface area contributed by atoms with Crippen LogP contribution in [0.15, 0.2) is 36.4 Å². The van der Waals surface area contributed by atoms with E-state index in [0.29, 0.717) is 0 Å². The van der Waals surface area contributed by atoms with Crippen LogP contribution >= 0.6 is 22.9 Å². The van der Waals surface area contributed by atoms with Gasteiger partial charge in [-0.2, -0.15) is 0 Å². The Kier molecular flexibility index (Phi) is 4.31. The van der Waals surface area contributed by atoms with E-state index >= 15 is 0 Å². The van der Waals surface area contributed by atoms with Crippen molar-refractivity contribution in [3.8, 4) is 5.75 Å². The van der Waals surface area contributed by atoms with Crippen LogP contribution in [0.5, 0.6) is 5.75 Å². The Labute approximate surface area is 117 Å². The Morgan fingerprint density at radius 3 is 2.22 bits per heavy atom. The summed E-state index contributed by atoms with van der Waals surface area (Å²) in [6.45, 7) is 6.14. The summed E-state index contributed by atoms with van der Waals surface area (Å²) in [5, 5.41) is -0.0724. The molecule has 2 aromatic rings. The average Bonchev–Trinajstić information content (AvgIpc) is 2.75. The van der Waals surface area contributed by atoms with Crippen LogP contribution in [0.1, 0.15) is 34.5 Å². The Balaban J connectivity index is 2.14. The van der Waals surface area contributed by atoms with Gasteiger partial charge in [0.05, 0.1) is 11.5 Å². The molecule has 1 unspecified atom stereocenters. The van der Waals surface area contributed by atoms with Crippen LogP contribution in [0, 0.1) is 6.92 Å². The van der Waals surface area contributed by atoms with Gasteiger partial charge in [-0.3, -0.25) is 0 Å². The van der Waals surface area contributed by atoms with Gasteiger partial charge in [-0.1, -0.05) is 12.1 Å². The normalized spacial score (nSPS) is 12.7. The van der Waals surface area contributed by atoms with E-state index in [-0.39, 0.29) is 11.5 Å². The van der Waals surface area contributed by atoms with Crippen LogP contribution in [0.3, 0.4) is 0 Å². The summed E-state index contributed by atoms with van der Waals surface area (Å²) >= 11 is 8.21. The highest BCUT2D eigenvalue weighted by Gasteiger charge is 2.12. The third kappa shape index (κ3) is 3.27. The van der Waals surface area contributed by atoms with Crippen LogP contribution in [0.25, 0.3) is 0 Å². The highest BCUT2D eigenvalue weighted by Crippen LogP contribution is 2.34. The Morgan fingerprint density at radius 1 is 1.06 bits per heavy atom. The highest BCUT2D eigenvalue weighted by atomic mass is 35.5. The van der Waals surface area contributed by atoms with E-state index in [1.54, 1.807) is 11.3 Å². The molecule has 1 nitrogen and oxygen atoms in total. The smallest absolute Gasteiger partial charge is 0.119 e. The zero-order chi connectivity index (χ0) is 13.1. The second kappa shape index (κ2) is 5.77. The number of hydrogen-bond acceptors (Lipinski definition) is 2. The number of rotatable bonds is 4. The lowest BCUT2D eigenvalue weighted by molar-refractivity contribution is 0.242. The maximum absolute atomic E-state index is 6.47. The summed E-state index contributed by atoms with van der Waals surface area (Å²) in [6.07, 6.45) is 0.197. The lowest BCUT2D eigenvalue weighted by Gasteiger charge is -2.12. The highest BCUT2D eigenvalue weighted by molar-refractivity contribution is 7.12. The molecule has 0 bridgehead atoms. The molecule has 0 saturated heterocycles. The van der Waals surface area contributed by atoms with Crippen LogP contribution in [-0.4, -0.2) is 6.10 Å². The van der Waals surface area contributed by atoms with Crippen LogP contribution in [-0.2, 0) is 0 Å². The van der Waals surface area contributed by atoms with Crippen molar-refractivity contribution in [3.05, 3.63) is 51.7 Å². The van der Waals surface area contributed by atoms with Crippen molar-refractivity contribution in [2.45, 2.75) is 32.3 Å².